The van der Waals surface area contributed by atoms with Crippen LogP contribution in [0.3, 0.4) is 0 Å². The molecule has 2 rings (SSSR count). The maximum Gasteiger partial charge on any atom is 0.132 e. The third-order valence-corrected chi connectivity index (χ3v) is 4.60. The number of aryl methyl sites for hydroxylation is 1. The molecule has 1 heterocycles. The van der Waals surface area contributed by atoms with E-state index in [4.69, 9.17) is 0 Å². The zero-order chi connectivity index (χ0) is 12.3. The second-order valence-corrected chi connectivity index (χ2v) is 5.67. The smallest absolute Gasteiger partial charge is 0.132 e. The van der Waals surface area contributed by atoms with Crippen LogP contribution in [0.5, 0.6) is 0 Å². The molecule has 5 heteroatoms. The number of hydrogen-bond donors (Lipinski definition) is 2. The van der Waals surface area contributed by atoms with E-state index in [0.717, 1.165) is 30.4 Å². The molecule has 1 aromatic heterocycles. The van der Waals surface area contributed by atoms with Crippen molar-refractivity contribution in [3.05, 3.63) is 11.9 Å². The number of aromatic nitrogens is 2. The zero-order valence-electron chi connectivity index (χ0n) is 10.7. The molecule has 0 amide bonds. The van der Waals surface area contributed by atoms with Crippen LogP contribution >= 0.6 is 11.8 Å². The fraction of sp³-hybridized carbons (Fsp3) is 0.667. The van der Waals surface area contributed by atoms with Gasteiger partial charge in [-0.25, -0.2) is 9.97 Å². The van der Waals surface area contributed by atoms with Crippen molar-refractivity contribution < 1.29 is 0 Å². The van der Waals surface area contributed by atoms with Crippen LogP contribution in [0.4, 0.5) is 11.6 Å². The molecule has 0 unspecified atom stereocenters. The first-order chi connectivity index (χ1) is 8.21. The van der Waals surface area contributed by atoms with Crippen molar-refractivity contribution >= 4 is 23.4 Å². The van der Waals surface area contributed by atoms with Crippen LogP contribution in [0.2, 0.25) is 0 Å². The van der Waals surface area contributed by atoms with Gasteiger partial charge in [0.15, 0.2) is 0 Å². The van der Waals surface area contributed by atoms with E-state index in [0.29, 0.717) is 4.75 Å². The predicted octanol–water partition coefficient (Wildman–Crippen LogP) is 2.39. The summed E-state index contributed by atoms with van der Waals surface area (Å²) >= 11 is 1.96. The third kappa shape index (κ3) is 3.03. The molecule has 1 aromatic rings. The lowest BCUT2D eigenvalue weighted by atomic mass is 10.4. The van der Waals surface area contributed by atoms with Crippen LogP contribution in [0.15, 0.2) is 6.07 Å². The van der Waals surface area contributed by atoms with Crippen molar-refractivity contribution in [3.63, 3.8) is 0 Å². The van der Waals surface area contributed by atoms with Gasteiger partial charge in [0, 0.05) is 30.8 Å². The van der Waals surface area contributed by atoms with E-state index in [-0.39, 0.29) is 0 Å². The van der Waals surface area contributed by atoms with Gasteiger partial charge in [0.25, 0.3) is 0 Å². The summed E-state index contributed by atoms with van der Waals surface area (Å²) in [5, 5.41) is 6.51. The summed E-state index contributed by atoms with van der Waals surface area (Å²) in [4.78, 5) is 8.88. The molecular formula is C12H20N4S. The summed E-state index contributed by atoms with van der Waals surface area (Å²) in [5.41, 5.74) is 0. The SMILES string of the molecule is CCc1nc(NC)cc(NCC2(SC)CC2)n1. The summed E-state index contributed by atoms with van der Waals surface area (Å²) in [6, 6.07) is 1.97. The molecule has 0 bridgehead atoms. The molecule has 0 saturated heterocycles. The quantitative estimate of drug-likeness (QED) is 0.814. The van der Waals surface area contributed by atoms with Gasteiger partial charge in [-0.2, -0.15) is 11.8 Å². The third-order valence-electron chi connectivity index (χ3n) is 3.18. The number of rotatable bonds is 6. The highest BCUT2D eigenvalue weighted by molar-refractivity contribution is 8.00. The van der Waals surface area contributed by atoms with E-state index >= 15 is 0 Å². The van der Waals surface area contributed by atoms with Gasteiger partial charge in [-0.15, -0.1) is 0 Å². The normalized spacial score (nSPS) is 16.6. The largest absolute Gasteiger partial charge is 0.373 e. The molecule has 0 atom stereocenters. The molecule has 4 nitrogen and oxygen atoms in total. The molecule has 2 N–H and O–H groups in total. The number of nitrogens with one attached hydrogen (secondary N) is 2. The minimum Gasteiger partial charge on any atom is -0.373 e. The summed E-state index contributed by atoms with van der Waals surface area (Å²) in [6.07, 6.45) is 5.67. The Bertz CT molecular complexity index is 368. The molecule has 1 fully saturated rings. The first-order valence-corrected chi connectivity index (χ1v) is 7.28. The van der Waals surface area contributed by atoms with Crippen molar-refractivity contribution in [2.75, 3.05) is 30.5 Å². The van der Waals surface area contributed by atoms with Crippen LogP contribution < -0.4 is 10.6 Å². The number of nitrogens with zero attached hydrogens (tertiary/aromatic N) is 2. The van der Waals surface area contributed by atoms with Crippen LogP contribution in [0.1, 0.15) is 25.6 Å². The summed E-state index contributed by atoms with van der Waals surface area (Å²) in [6.45, 7) is 3.07. The van der Waals surface area contributed by atoms with Crippen molar-refractivity contribution in [2.45, 2.75) is 30.9 Å². The van der Waals surface area contributed by atoms with Gasteiger partial charge in [-0.05, 0) is 19.1 Å². The van der Waals surface area contributed by atoms with Gasteiger partial charge in [0.2, 0.25) is 0 Å². The summed E-state index contributed by atoms with van der Waals surface area (Å²) in [5.74, 6) is 2.70. The summed E-state index contributed by atoms with van der Waals surface area (Å²) < 4.78 is 0.455. The van der Waals surface area contributed by atoms with E-state index in [9.17, 15) is 0 Å². The van der Waals surface area contributed by atoms with Gasteiger partial charge in [0.1, 0.15) is 17.5 Å². The number of thioether (sulfide) groups is 1. The number of anilines is 2. The Balaban J connectivity index is 2.04. The van der Waals surface area contributed by atoms with Crippen LogP contribution in [-0.2, 0) is 6.42 Å². The van der Waals surface area contributed by atoms with Crippen molar-refractivity contribution in [1.82, 2.24) is 9.97 Å². The molecule has 0 aromatic carbocycles. The first-order valence-electron chi connectivity index (χ1n) is 6.06. The van der Waals surface area contributed by atoms with Gasteiger partial charge in [-0.1, -0.05) is 6.92 Å². The lowest BCUT2D eigenvalue weighted by Gasteiger charge is -2.14. The fourth-order valence-electron chi connectivity index (χ4n) is 1.72. The Hall–Kier alpha value is -0.970. The van der Waals surface area contributed by atoms with E-state index in [1.54, 1.807) is 0 Å². The molecule has 0 radical (unpaired) electrons. The van der Waals surface area contributed by atoms with E-state index in [1.807, 2.05) is 24.9 Å². The van der Waals surface area contributed by atoms with Gasteiger partial charge in [-0.3, -0.25) is 0 Å². The highest BCUT2D eigenvalue weighted by Crippen LogP contribution is 2.46. The second kappa shape index (κ2) is 5.12. The minimum atomic E-state index is 0.455. The number of hydrogen-bond acceptors (Lipinski definition) is 5. The Morgan fingerprint density at radius 3 is 2.59 bits per heavy atom. The molecule has 0 aliphatic heterocycles. The highest BCUT2D eigenvalue weighted by Gasteiger charge is 2.41. The standard InChI is InChI=1S/C12H20N4S/c1-4-9-15-10(13-2)7-11(16-9)14-8-12(17-3)5-6-12/h7H,4-6,8H2,1-3H3,(H2,13,14,15,16). The molecular weight excluding hydrogens is 232 g/mol. The first kappa shape index (κ1) is 12.5. The maximum atomic E-state index is 4.49. The van der Waals surface area contributed by atoms with Crippen LogP contribution in [0.25, 0.3) is 0 Å². The van der Waals surface area contributed by atoms with Crippen LogP contribution in [-0.4, -0.2) is 34.6 Å². The van der Waals surface area contributed by atoms with Crippen LogP contribution in [0, 0.1) is 0 Å². The Morgan fingerprint density at radius 2 is 2.06 bits per heavy atom. The fourth-order valence-corrected chi connectivity index (χ4v) is 2.44. The van der Waals surface area contributed by atoms with Crippen molar-refractivity contribution in [3.8, 4) is 0 Å². The molecule has 1 aliphatic carbocycles. The summed E-state index contributed by atoms with van der Waals surface area (Å²) in [7, 11) is 1.88. The second-order valence-electron chi connectivity index (χ2n) is 4.40. The molecule has 17 heavy (non-hydrogen) atoms. The Morgan fingerprint density at radius 1 is 1.35 bits per heavy atom. The maximum absolute atomic E-state index is 4.49. The average Bonchev–Trinajstić information content (AvgIpc) is 3.16. The topological polar surface area (TPSA) is 49.8 Å². The van der Waals surface area contributed by atoms with E-state index in [1.165, 1.54) is 12.8 Å². The molecule has 94 valence electrons. The predicted molar refractivity (Wildman–Crippen MR) is 74.9 cm³/mol. The van der Waals surface area contributed by atoms with E-state index in [2.05, 4.69) is 33.8 Å². The highest BCUT2D eigenvalue weighted by atomic mass is 32.2. The molecule has 1 aliphatic rings. The van der Waals surface area contributed by atoms with Gasteiger partial charge in [0.05, 0.1) is 0 Å². The van der Waals surface area contributed by atoms with Gasteiger partial charge >= 0.3 is 0 Å². The van der Waals surface area contributed by atoms with Crippen molar-refractivity contribution in [1.29, 1.82) is 0 Å². The minimum absolute atomic E-state index is 0.455. The lowest BCUT2D eigenvalue weighted by molar-refractivity contribution is 0.907. The monoisotopic (exact) mass is 252 g/mol. The van der Waals surface area contributed by atoms with Crippen molar-refractivity contribution in [2.24, 2.45) is 0 Å². The zero-order valence-corrected chi connectivity index (χ0v) is 11.5. The average molecular weight is 252 g/mol. The Kier molecular flexibility index (Phi) is 3.76. The molecule has 0 spiro atoms. The van der Waals surface area contributed by atoms with Gasteiger partial charge < -0.3 is 10.6 Å². The molecule has 1 saturated carbocycles. The Labute approximate surface area is 107 Å². The van der Waals surface area contributed by atoms with E-state index < -0.39 is 0 Å². The lowest BCUT2D eigenvalue weighted by Crippen LogP contribution is -2.18.